The highest BCUT2D eigenvalue weighted by molar-refractivity contribution is 7.12. The minimum Gasteiger partial charge on any atom is -0.312 e. The summed E-state index contributed by atoms with van der Waals surface area (Å²) < 4.78 is 0. The van der Waals surface area contributed by atoms with Crippen LogP contribution in [0.4, 0.5) is 0 Å². The molecule has 1 fully saturated rings. The quantitative estimate of drug-likeness (QED) is 0.811. The summed E-state index contributed by atoms with van der Waals surface area (Å²) in [5.41, 5.74) is 1.53. The maximum Gasteiger partial charge on any atom is 0.0300 e. The van der Waals surface area contributed by atoms with Crippen molar-refractivity contribution in [1.82, 2.24) is 10.2 Å². The molecule has 0 amide bonds. The smallest absolute Gasteiger partial charge is 0.0300 e. The Morgan fingerprint density at radius 3 is 2.70 bits per heavy atom. The molecule has 2 nitrogen and oxygen atoms in total. The van der Waals surface area contributed by atoms with Crippen LogP contribution in [0.2, 0.25) is 0 Å². The van der Waals surface area contributed by atoms with Crippen LogP contribution in [0.1, 0.15) is 54.8 Å². The zero-order chi connectivity index (χ0) is 14.5. The van der Waals surface area contributed by atoms with E-state index < -0.39 is 0 Å². The van der Waals surface area contributed by atoms with Crippen LogP contribution in [0.3, 0.4) is 0 Å². The molecule has 0 radical (unpaired) electrons. The minimum absolute atomic E-state index is 0.726. The van der Waals surface area contributed by atoms with E-state index in [4.69, 9.17) is 0 Å². The van der Waals surface area contributed by atoms with Crippen LogP contribution in [-0.4, -0.2) is 24.5 Å². The monoisotopic (exact) mass is 294 g/mol. The van der Waals surface area contributed by atoms with Gasteiger partial charge >= 0.3 is 0 Å². The lowest BCUT2D eigenvalue weighted by molar-refractivity contribution is 0.237. The largest absolute Gasteiger partial charge is 0.312 e. The maximum atomic E-state index is 3.55. The van der Waals surface area contributed by atoms with Crippen LogP contribution in [-0.2, 0) is 13.1 Å². The third-order valence-electron chi connectivity index (χ3n) is 4.29. The van der Waals surface area contributed by atoms with Gasteiger partial charge in [0, 0.05) is 28.9 Å². The predicted molar refractivity (Wildman–Crippen MR) is 89.3 cm³/mol. The number of aryl methyl sites for hydroxylation is 1. The lowest BCUT2D eigenvalue weighted by Gasteiger charge is -2.23. The van der Waals surface area contributed by atoms with Gasteiger partial charge in [-0.25, -0.2) is 0 Å². The highest BCUT2D eigenvalue weighted by atomic mass is 32.1. The molecular weight excluding hydrogens is 264 g/mol. The standard InChI is InChI=1S/C17H30N2S/c1-13(2)10-18-11-17-9-15(14(3)20-17)12-19(4)16-7-5-6-8-16/h9,13,16,18H,5-8,10-12H2,1-4H3. The average molecular weight is 295 g/mol. The fourth-order valence-electron chi connectivity index (χ4n) is 3.06. The number of rotatable bonds is 7. The van der Waals surface area contributed by atoms with Crippen molar-refractivity contribution in [2.45, 2.75) is 65.6 Å². The summed E-state index contributed by atoms with van der Waals surface area (Å²) in [5, 5.41) is 3.55. The number of thiophene rings is 1. The first-order valence-electron chi connectivity index (χ1n) is 8.05. The summed E-state index contributed by atoms with van der Waals surface area (Å²) in [6.07, 6.45) is 5.62. The number of hydrogen-bond acceptors (Lipinski definition) is 3. The zero-order valence-corrected chi connectivity index (χ0v) is 14.4. The Hall–Kier alpha value is -0.380. The summed E-state index contributed by atoms with van der Waals surface area (Å²) >= 11 is 1.96. The van der Waals surface area contributed by atoms with Crippen molar-refractivity contribution in [3.05, 3.63) is 21.4 Å². The Bertz CT molecular complexity index is 405. The molecule has 1 heterocycles. The van der Waals surface area contributed by atoms with Gasteiger partial charge in [0.2, 0.25) is 0 Å². The van der Waals surface area contributed by atoms with Gasteiger partial charge < -0.3 is 5.32 Å². The normalized spacial score (nSPS) is 16.7. The van der Waals surface area contributed by atoms with Crippen molar-refractivity contribution in [2.24, 2.45) is 5.92 Å². The van der Waals surface area contributed by atoms with Crippen molar-refractivity contribution in [3.63, 3.8) is 0 Å². The van der Waals surface area contributed by atoms with Gasteiger partial charge in [-0.05, 0) is 50.9 Å². The van der Waals surface area contributed by atoms with Crippen LogP contribution < -0.4 is 5.32 Å². The van der Waals surface area contributed by atoms with Gasteiger partial charge in [0.05, 0.1) is 0 Å². The SMILES string of the molecule is Cc1sc(CNCC(C)C)cc1CN(C)C1CCCC1. The topological polar surface area (TPSA) is 15.3 Å². The zero-order valence-electron chi connectivity index (χ0n) is 13.5. The van der Waals surface area contributed by atoms with Crippen molar-refractivity contribution < 1.29 is 0 Å². The molecule has 0 aromatic carbocycles. The van der Waals surface area contributed by atoms with Gasteiger partial charge in [0.15, 0.2) is 0 Å². The minimum atomic E-state index is 0.726. The van der Waals surface area contributed by atoms with E-state index in [2.05, 4.69) is 44.1 Å². The molecule has 1 aliphatic rings. The van der Waals surface area contributed by atoms with E-state index in [1.165, 1.54) is 41.0 Å². The van der Waals surface area contributed by atoms with Gasteiger partial charge in [-0.3, -0.25) is 4.90 Å². The molecular formula is C17H30N2S. The molecule has 1 aliphatic carbocycles. The predicted octanol–water partition coefficient (Wildman–Crippen LogP) is 4.18. The third kappa shape index (κ3) is 4.57. The lowest BCUT2D eigenvalue weighted by atomic mass is 10.1. The van der Waals surface area contributed by atoms with Crippen molar-refractivity contribution in [2.75, 3.05) is 13.6 Å². The molecule has 2 rings (SSSR count). The van der Waals surface area contributed by atoms with Gasteiger partial charge in [-0.15, -0.1) is 11.3 Å². The Balaban J connectivity index is 1.86. The van der Waals surface area contributed by atoms with Crippen LogP contribution >= 0.6 is 11.3 Å². The molecule has 1 saturated carbocycles. The van der Waals surface area contributed by atoms with E-state index in [1.807, 2.05) is 11.3 Å². The Labute approximate surface area is 128 Å². The molecule has 0 spiro atoms. The number of hydrogen-bond donors (Lipinski definition) is 1. The number of nitrogens with one attached hydrogen (secondary N) is 1. The molecule has 0 saturated heterocycles. The first kappa shape index (κ1) is 16.0. The Morgan fingerprint density at radius 2 is 2.05 bits per heavy atom. The van der Waals surface area contributed by atoms with Crippen LogP contribution in [0.5, 0.6) is 0 Å². The Kier molecular flexibility index (Phi) is 6.06. The molecule has 0 unspecified atom stereocenters. The van der Waals surface area contributed by atoms with Gasteiger partial charge in [0.1, 0.15) is 0 Å². The van der Waals surface area contributed by atoms with Crippen LogP contribution in [0.15, 0.2) is 6.07 Å². The second-order valence-electron chi connectivity index (χ2n) is 6.67. The highest BCUT2D eigenvalue weighted by Crippen LogP contribution is 2.27. The van der Waals surface area contributed by atoms with Gasteiger partial charge in [-0.2, -0.15) is 0 Å². The average Bonchev–Trinajstić information content (AvgIpc) is 3.00. The lowest BCUT2D eigenvalue weighted by Crippen LogP contribution is -2.28. The molecule has 0 bridgehead atoms. The molecule has 1 aromatic heterocycles. The van der Waals surface area contributed by atoms with Gasteiger partial charge in [-0.1, -0.05) is 26.7 Å². The third-order valence-corrected chi connectivity index (χ3v) is 5.38. The Morgan fingerprint density at radius 1 is 1.35 bits per heavy atom. The van der Waals surface area contributed by atoms with E-state index in [-0.39, 0.29) is 0 Å². The molecule has 3 heteroatoms. The fraction of sp³-hybridized carbons (Fsp3) is 0.765. The molecule has 0 aliphatic heterocycles. The first-order valence-corrected chi connectivity index (χ1v) is 8.87. The second-order valence-corrected chi connectivity index (χ2v) is 8.01. The summed E-state index contributed by atoms with van der Waals surface area (Å²) in [4.78, 5) is 5.54. The molecule has 1 N–H and O–H groups in total. The molecule has 20 heavy (non-hydrogen) atoms. The summed E-state index contributed by atoms with van der Waals surface area (Å²) in [7, 11) is 2.30. The van der Waals surface area contributed by atoms with Crippen molar-refractivity contribution in [1.29, 1.82) is 0 Å². The van der Waals surface area contributed by atoms with E-state index in [0.29, 0.717) is 0 Å². The highest BCUT2D eigenvalue weighted by Gasteiger charge is 2.20. The van der Waals surface area contributed by atoms with Crippen LogP contribution in [0.25, 0.3) is 0 Å². The summed E-state index contributed by atoms with van der Waals surface area (Å²) in [6.45, 7) is 10.0. The van der Waals surface area contributed by atoms with Crippen molar-refractivity contribution in [3.8, 4) is 0 Å². The summed E-state index contributed by atoms with van der Waals surface area (Å²) in [5.74, 6) is 0.726. The number of nitrogens with zero attached hydrogens (tertiary/aromatic N) is 1. The second kappa shape index (κ2) is 7.58. The van der Waals surface area contributed by atoms with E-state index >= 15 is 0 Å². The van der Waals surface area contributed by atoms with Crippen molar-refractivity contribution >= 4 is 11.3 Å². The molecule has 114 valence electrons. The van der Waals surface area contributed by atoms with Crippen LogP contribution in [0, 0.1) is 12.8 Å². The maximum absolute atomic E-state index is 3.55. The van der Waals surface area contributed by atoms with E-state index in [0.717, 1.165) is 31.6 Å². The summed E-state index contributed by atoms with van der Waals surface area (Å²) in [6, 6.07) is 3.23. The molecule has 0 atom stereocenters. The van der Waals surface area contributed by atoms with Gasteiger partial charge in [0.25, 0.3) is 0 Å². The first-order chi connectivity index (χ1) is 9.56. The fourth-order valence-corrected chi connectivity index (χ4v) is 4.08. The van der Waals surface area contributed by atoms with E-state index in [1.54, 1.807) is 0 Å². The van der Waals surface area contributed by atoms with E-state index in [9.17, 15) is 0 Å². The molecule has 1 aromatic rings.